The molecule has 1 heterocycles. The second-order valence-electron chi connectivity index (χ2n) is 8.22. The van der Waals surface area contributed by atoms with Gasteiger partial charge in [0, 0.05) is 19.0 Å². The Balaban J connectivity index is 1.42. The molecule has 1 aliphatic carbocycles. The van der Waals surface area contributed by atoms with E-state index in [9.17, 15) is 9.90 Å². The number of carbonyl (C=O) groups excluding carboxylic acids is 1. The van der Waals surface area contributed by atoms with E-state index >= 15 is 0 Å². The van der Waals surface area contributed by atoms with Crippen LogP contribution in [-0.2, 0) is 4.74 Å². The van der Waals surface area contributed by atoms with Gasteiger partial charge < -0.3 is 14.7 Å². The van der Waals surface area contributed by atoms with Gasteiger partial charge in [0.15, 0.2) is 0 Å². The Morgan fingerprint density at radius 3 is 2.07 bits per heavy atom. The monoisotopic (exact) mass is 365 g/mol. The Morgan fingerprint density at radius 1 is 1.04 bits per heavy atom. The minimum Gasteiger partial charge on any atom is -0.448 e. The number of likely N-dealkylation sites (tertiary alicyclic amines) is 1. The average Bonchev–Trinajstić information content (AvgIpc) is 2.99. The molecule has 27 heavy (non-hydrogen) atoms. The number of piperidine rings is 1. The summed E-state index contributed by atoms with van der Waals surface area (Å²) in [5.41, 5.74) is 4.24. The molecular weight excluding hydrogens is 338 g/mol. The van der Waals surface area contributed by atoms with Crippen LogP contribution in [0.2, 0.25) is 0 Å². The lowest BCUT2D eigenvalue weighted by molar-refractivity contribution is -0.0131. The Labute approximate surface area is 160 Å². The molecule has 1 saturated heterocycles. The molecule has 1 amide bonds. The maximum atomic E-state index is 12.6. The topological polar surface area (TPSA) is 49.8 Å². The summed E-state index contributed by atoms with van der Waals surface area (Å²) in [7, 11) is 0. The van der Waals surface area contributed by atoms with Crippen LogP contribution < -0.4 is 0 Å². The number of hydrogen-bond acceptors (Lipinski definition) is 3. The standard InChI is InChI=1S/C23H27NO3/c1-23(2,26)16-11-13-24(14-12-16)22(25)27-15-21-19-9-5-3-7-17(19)18-8-4-6-10-20(18)21/h3-10,16,21,26H,11-15H2,1-2H3. The molecule has 1 fully saturated rings. The van der Waals surface area contributed by atoms with Crippen molar-refractivity contribution in [1.82, 2.24) is 4.90 Å². The van der Waals surface area contributed by atoms with Gasteiger partial charge in [0.2, 0.25) is 0 Å². The zero-order chi connectivity index (χ0) is 19.0. The molecule has 4 nitrogen and oxygen atoms in total. The molecule has 2 aromatic carbocycles. The van der Waals surface area contributed by atoms with E-state index < -0.39 is 5.60 Å². The third-order valence-electron chi connectivity index (χ3n) is 6.09. The SMILES string of the molecule is CC(C)(O)C1CCN(C(=O)OCC2c3ccccc3-c3ccccc32)CC1. The number of carbonyl (C=O) groups is 1. The van der Waals surface area contributed by atoms with Gasteiger partial charge in [-0.3, -0.25) is 0 Å². The van der Waals surface area contributed by atoms with Crippen molar-refractivity contribution < 1.29 is 14.6 Å². The first-order valence-electron chi connectivity index (χ1n) is 9.77. The van der Waals surface area contributed by atoms with E-state index in [2.05, 4.69) is 36.4 Å². The van der Waals surface area contributed by atoms with E-state index in [0.29, 0.717) is 19.7 Å². The van der Waals surface area contributed by atoms with Gasteiger partial charge in [-0.25, -0.2) is 4.79 Å². The van der Waals surface area contributed by atoms with Gasteiger partial charge in [-0.1, -0.05) is 48.5 Å². The second kappa shape index (κ2) is 7.01. The molecular formula is C23H27NO3. The molecule has 1 aliphatic heterocycles. The summed E-state index contributed by atoms with van der Waals surface area (Å²) < 4.78 is 5.72. The Kier molecular flexibility index (Phi) is 4.68. The lowest BCUT2D eigenvalue weighted by Gasteiger charge is -2.37. The highest BCUT2D eigenvalue weighted by molar-refractivity contribution is 5.79. The summed E-state index contributed by atoms with van der Waals surface area (Å²) in [5, 5.41) is 10.2. The number of ether oxygens (including phenoxy) is 1. The van der Waals surface area contributed by atoms with Crippen molar-refractivity contribution in [3.63, 3.8) is 0 Å². The maximum Gasteiger partial charge on any atom is 0.409 e. The molecule has 1 N–H and O–H groups in total. The van der Waals surface area contributed by atoms with Crippen LogP contribution in [0.3, 0.4) is 0 Å². The van der Waals surface area contributed by atoms with E-state index in [4.69, 9.17) is 4.74 Å². The van der Waals surface area contributed by atoms with Crippen LogP contribution in [-0.4, -0.2) is 41.4 Å². The highest BCUT2D eigenvalue weighted by Gasteiger charge is 2.33. The molecule has 0 atom stereocenters. The molecule has 0 spiro atoms. The van der Waals surface area contributed by atoms with Gasteiger partial charge in [0.1, 0.15) is 6.61 Å². The van der Waals surface area contributed by atoms with Crippen LogP contribution in [0.25, 0.3) is 11.1 Å². The summed E-state index contributed by atoms with van der Waals surface area (Å²) in [6, 6.07) is 16.7. The van der Waals surface area contributed by atoms with E-state index in [0.717, 1.165) is 12.8 Å². The summed E-state index contributed by atoms with van der Waals surface area (Å²) in [5.74, 6) is 0.324. The number of amides is 1. The van der Waals surface area contributed by atoms with Gasteiger partial charge in [-0.05, 0) is 54.9 Å². The first-order chi connectivity index (χ1) is 12.9. The molecule has 2 aliphatic rings. The molecule has 0 radical (unpaired) electrons. The molecule has 142 valence electrons. The average molecular weight is 365 g/mol. The van der Waals surface area contributed by atoms with Gasteiger partial charge in [0.25, 0.3) is 0 Å². The summed E-state index contributed by atoms with van der Waals surface area (Å²) in [6.45, 7) is 5.34. The molecule has 4 heteroatoms. The van der Waals surface area contributed by atoms with Crippen LogP contribution in [0.5, 0.6) is 0 Å². The first-order valence-corrected chi connectivity index (χ1v) is 9.77. The molecule has 0 bridgehead atoms. The van der Waals surface area contributed by atoms with E-state index in [1.54, 1.807) is 4.90 Å². The zero-order valence-electron chi connectivity index (χ0n) is 16.0. The summed E-state index contributed by atoms with van der Waals surface area (Å²) in [4.78, 5) is 14.3. The van der Waals surface area contributed by atoms with Crippen LogP contribution in [0.15, 0.2) is 48.5 Å². The number of rotatable bonds is 3. The third-order valence-corrected chi connectivity index (χ3v) is 6.09. The van der Waals surface area contributed by atoms with Crippen LogP contribution in [0, 0.1) is 5.92 Å². The lowest BCUT2D eigenvalue weighted by Crippen LogP contribution is -2.44. The fraction of sp³-hybridized carbons (Fsp3) is 0.435. The van der Waals surface area contributed by atoms with Gasteiger partial charge in [-0.15, -0.1) is 0 Å². The smallest absolute Gasteiger partial charge is 0.409 e. The van der Waals surface area contributed by atoms with Gasteiger partial charge in [0.05, 0.1) is 5.60 Å². The van der Waals surface area contributed by atoms with E-state index in [-0.39, 0.29) is 17.9 Å². The fourth-order valence-electron chi connectivity index (χ4n) is 4.45. The lowest BCUT2D eigenvalue weighted by atomic mass is 9.83. The largest absolute Gasteiger partial charge is 0.448 e. The predicted octanol–water partition coefficient (Wildman–Crippen LogP) is 4.42. The molecule has 2 aromatic rings. The number of nitrogens with zero attached hydrogens (tertiary/aromatic N) is 1. The molecule has 0 unspecified atom stereocenters. The Hall–Kier alpha value is -2.33. The third kappa shape index (κ3) is 3.46. The zero-order valence-corrected chi connectivity index (χ0v) is 16.0. The normalized spacial score (nSPS) is 17.5. The van der Waals surface area contributed by atoms with E-state index in [1.165, 1.54) is 22.3 Å². The first kappa shape index (κ1) is 18.1. The van der Waals surface area contributed by atoms with Gasteiger partial charge in [-0.2, -0.15) is 0 Å². The van der Waals surface area contributed by atoms with Crippen molar-refractivity contribution in [3.8, 4) is 11.1 Å². The number of hydrogen-bond donors (Lipinski definition) is 1. The molecule has 0 aromatic heterocycles. The highest BCUT2D eigenvalue weighted by atomic mass is 16.6. The van der Waals surface area contributed by atoms with Crippen molar-refractivity contribution in [2.75, 3.05) is 19.7 Å². The van der Waals surface area contributed by atoms with Gasteiger partial charge >= 0.3 is 6.09 Å². The van der Waals surface area contributed by atoms with Crippen molar-refractivity contribution in [3.05, 3.63) is 59.7 Å². The quantitative estimate of drug-likeness (QED) is 0.876. The minimum absolute atomic E-state index is 0.0928. The Morgan fingerprint density at radius 2 is 1.56 bits per heavy atom. The number of aliphatic hydroxyl groups is 1. The number of fused-ring (bicyclic) bond motifs is 3. The molecule has 0 saturated carbocycles. The van der Waals surface area contributed by atoms with Crippen LogP contribution in [0.4, 0.5) is 4.79 Å². The fourth-order valence-corrected chi connectivity index (χ4v) is 4.45. The second-order valence-corrected chi connectivity index (χ2v) is 8.22. The van der Waals surface area contributed by atoms with Crippen LogP contribution >= 0.6 is 0 Å². The Bertz CT molecular complexity index is 786. The van der Waals surface area contributed by atoms with Crippen molar-refractivity contribution in [2.24, 2.45) is 5.92 Å². The summed E-state index contributed by atoms with van der Waals surface area (Å²) in [6.07, 6.45) is 1.38. The van der Waals surface area contributed by atoms with Crippen molar-refractivity contribution in [2.45, 2.75) is 38.2 Å². The van der Waals surface area contributed by atoms with Crippen molar-refractivity contribution in [1.29, 1.82) is 0 Å². The minimum atomic E-state index is -0.687. The highest BCUT2D eigenvalue weighted by Crippen LogP contribution is 2.44. The van der Waals surface area contributed by atoms with Crippen molar-refractivity contribution >= 4 is 6.09 Å². The maximum absolute atomic E-state index is 12.6. The summed E-state index contributed by atoms with van der Waals surface area (Å²) >= 11 is 0. The molecule has 4 rings (SSSR count). The van der Waals surface area contributed by atoms with E-state index in [1.807, 2.05) is 26.0 Å². The predicted molar refractivity (Wildman–Crippen MR) is 106 cm³/mol. The van der Waals surface area contributed by atoms with Crippen LogP contribution in [0.1, 0.15) is 43.7 Å². The number of benzene rings is 2.